The topological polar surface area (TPSA) is 53.8 Å². The van der Waals surface area contributed by atoms with Crippen molar-refractivity contribution < 1.29 is 13.6 Å². The fraction of sp³-hybridized carbons (Fsp3) is 0.333. The number of Topliss-reactive ketones (excluding diaryl/α,β-unsaturated/α-hetero) is 1. The van der Waals surface area contributed by atoms with Crippen molar-refractivity contribution in [3.8, 4) is 0 Å². The van der Waals surface area contributed by atoms with Crippen LogP contribution in [0.25, 0.3) is 11.0 Å². The minimum Gasteiger partial charge on any atom is -0.459 e. The molecule has 0 atom stereocenters. The van der Waals surface area contributed by atoms with Crippen LogP contribution >= 0.6 is 0 Å². The van der Waals surface area contributed by atoms with Gasteiger partial charge in [0, 0.05) is 44.2 Å². The van der Waals surface area contributed by atoms with E-state index in [0.717, 1.165) is 39.1 Å². The monoisotopic (exact) mass is 408 g/mol. The van der Waals surface area contributed by atoms with Crippen LogP contribution in [0.2, 0.25) is 0 Å². The van der Waals surface area contributed by atoms with Crippen LogP contribution in [0.5, 0.6) is 0 Å². The second kappa shape index (κ2) is 9.32. The number of carbonyl (C=O) groups excluding carboxylic acids is 1. The van der Waals surface area contributed by atoms with Gasteiger partial charge < -0.3 is 9.32 Å². The zero-order chi connectivity index (χ0) is 20.9. The Kier molecular flexibility index (Phi) is 6.35. The maximum atomic E-state index is 13.0. The molecule has 0 bridgehead atoms. The average Bonchev–Trinajstić information content (AvgIpc) is 2.75. The SMILES string of the molecule is O=C(CCCN1CCN(Cc2cc(=O)c3ccccc3o2)CC1)c1ccc(F)cc1. The maximum absolute atomic E-state index is 13.0. The highest BCUT2D eigenvalue weighted by atomic mass is 19.1. The molecule has 0 radical (unpaired) electrons. The van der Waals surface area contributed by atoms with E-state index in [2.05, 4.69) is 9.80 Å². The van der Waals surface area contributed by atoms with Crippen molar-refractivity contribution in [1.29, 1.82) is 0 Å². The molecule has 0 amide bonds. The van der Waals surface area contributed by atoms with Gasteiger partial charge in [-0.2, -0.15) is 0 Å². The van der Waals surface area contributed by atoms with E-state index in [1.807, 2.05) is 18.2 Å². The molecule has 1 aliphatic rings. The Balaban J connectivity index is 1.23. The van der Waals surface area contributed by atoms with Gasteiger partial charge in [-0.05, 0) is 49.4 Å². The molecule has 4 rings (SSSR count). The van der Waals surface area contributed by atoms with Gasteiger partial charge in [0.1, 0.15) is 17.2 Å². The molecule has 2 aromatic carbocycles. The Labute approximate surface area is 174 Å². The molecule has 5 nitrogen and oxygen atoms in total. The number of fused-ring (bicyclic) bond motifs is 1. The molecular formula is C24H25FN2O3. The number of hydrogen-bond donors (Lipinski definition) is 0. The molecule has 0 N–H and O–H groups in total. The lowest BCUT2D eigenvalue weighted by atomic mass is 10.1. The van der Waals surface area contributed by atoms with Gasteiger partial charge in [0.2, 0.25) is 0 Å². The largest absolute Gasteiger partial charge is 0.459 e. The summed E-state index contributed by atoms with van der Waals surface area (Å²) in [4.78, 5) is 29.1. The molecule has 1 aliphatic heterocycles. The van der Waals surface area contributed by atoms with Crippen LogP contribution in [0.3, 0.4) is 0 Å². The minimum atomic E-state index is -0.326. The van der Waals surface area contributed by atoms with E-state index in [-0.39, 0.29) is 17.0 Å². The van der Waals surface area contributed by atoms with Crippen LogP contribution in [0.4, 0.5) is 4.39 Å². The summed E-state index contributed by atoms with van der Waals surface area (Å²) in [6.07, 6.45) is 1.25. The summed E-state index contributed by atoms with van der Waals surface area (Å²) in [5, 5.41) is 0.612. The molecule has 1 fully saturated rings. The molecule has 1 aromatic heterocycles. The number of nitrogens with zero attached hydrogens (tertiary/aromatic N) is 2. The summed E-state index contributed by atoms with van der Waals surface area (Å²) in [5.41, 5.74) is 1.19. The van der Waals surface area contributed by atoms with Gasteiger partial charge in [-0.15, -0.1) is 0 Å². The first kappa shape index (κ1) is 20.4. The predicted octanol–water partition coefficient (Wildman–Crippen LogP) is 3.71. The first-order valence-corrected chi connectivity index (χ1v) is 10.3. The van der Waals surface area contributed by atoms with Crippen molar-refractivity contribution in [2.45, 2.75) is 19.4 Å². The molecule has 0 aliphatic carbocycles. The van der Waals surface area contributed by atoms with Crippen molar-refractivity contribution >= 4 is 16.8 Å². The van der Waals surface area contributed by atoms with E-state index >= 15 is 0 Å². The van der Waals surface area contributed by atoms with E-state index < -0.39 is 0 Å². The summed E-state index contributed by atoms with van der Waals surface area (Å²) in [7, 11) is 0. The molecule has 2 heterocycles. The third-order valence-corrected chi connectivity index (χ3v) is 5.57. The van der Waals surface area contributed by atoms with Crippen LogP contribution in [0.15, 0.2) is 63.8 Å². The quantitative estimate of drug-likeness (QED) is 0.558. The molecule has 3 aromatic rings. The van der Waals surface area contributed by atoms with Gasteiger partial charge in [-0.25, -0.2) is 4.39 Å². The van der Waals surface area contributed by atoms with Gasteiger partial charge >= 0.3 is 0 Å². The Hall–Kier alpha value is -2.83. The van der Waals surface area contributed by atoms with Crippen molar-refractivity contribution in [1.82, 2.24) is 9.80 Å². The van der Waals surface area contributed by atoms with Crippen LogP contribution in [0, 0.1) is 5.82 Å². The fourth-order valence-electron chi connectivity index (χ4n) is 3.87. The average molecular weight is 408 g/mol. The first-order chi connectivity index (χ1) is 14.6. The lowest BCUT2D eigenvalue weighted by Crippen LogP contribution is -2.46. The van der Waals surface area contributed by atoms with E-state index in [4.69, 9.17) is 4.42 Å². The smallest absolute Gasteiger partial charge is 0.192 e. The molecule has 0 saturated carbocycles. The van der Waals surface area contributed by atoms with Crippen molar-refractivity contribution in [3.05, 3.63) is 82.0 Å². The number of carbonyl (C=O) groups is 1. The number of hydrogen-bond acceptors (Lipinski definition) is 5. The third kappa shape index (κ3) is 5.01. The number of rotatable bonds is 7. The third-order valence-electron chi connectivity index (χ3n) is 5.57. The number of para-hydroxylation sites is 1. The lowest BCUT2D eigenvalue weighted by Gasteiger charge is -2.34. The second-order valence-corrected chi connectivity index (χ2v) is 7.72. The van der Waals surface area contributed by atoms with Crippen molar-refractivity contribution in [3.63, 3.8) is 0 Å². The Morgan fingerprint density at radius 2 is 1.67 bits per heavy atom. The van der Waals surface area contributed by atoms with Crippen LogP contribution in [0.1, 0.15) is 29.0 Å². The van der Waals surface area contributed by atoms with E-state index in [9.17, 15) is 14.0 Å². The molecule has 1 saturated heterocycles. The van der Waals surface area contributed by atoms with E-state index in [0.29, 0.717) is 35.3 Å². The summed E-state index contributed by atoms with van der Waals surface area (Å²) in [6, 6.07) is 14.6. The molecule has 6 heteroatoms. The Bertz CT molecular complexity index is 1070. The van der Waals surface area contributed by atoms with Gasteiger partial charge in [0.25, 0.3) is 0 Å². The van der Waals surface area contributed by atoms with Crippen LogP contribution < -0.4 is 5.43 Å². The van der Waals surface area contributed by atoms with Crippen LogP contribution in [-0.2, 0) is 6.54 Å². The number of benzene rings is 2. The standard InChI is InChI=1S/C24H25FN2O3/c25-19-9-7-18(8-10-19)22(28)5-3-11-26-12-14-27(15-13-26)17-20-16-23(29)21-4-1-2-6-24(21)30-20/h1-2,4,6-10,16H,3,5,11-15,17H2. The maximum Gasteiger partial charge on any atom is 0.192 e. The van der Waals surface area contributed by atoms with Crippen molar-refractivity contribution in [2.75, 3.05) is 32.7 Å². The van der Waals surface area contributed by atoms with E-state index in [1.54, 1.807) is 24.3 Å². The van der Waals surface area contributed by atoms with E-state index in [1.165, 1.54) is 12.1 Å². The number of halogens is 1. The van der Waals surface area contributed by atoms with Gasteiger partial charge in [0.15, 0.2) is 11.2 Å². The highest BCUT2D eigenvalue weighted by molar-refractivity contribution is 5.95. The van der Waals surface area contributed by atoms with Crippen LogP contribution in [-0.4, -0.2) is 48.3 Å². The molecule has 0 spiro atoms. The van der Waals surface area contributed by atoms with Gasteiger partial charge in [-0.1, -0.05) is 12.1 Å². The normalized spacial score (nSPS) is 15.5. The highest BCUT2D eigenvalue weighted by Crippen LogP contribution is 2.15. The highest BCUT2D eigenvalue weighted by Gasteiger charge is 2.18. The summed E-state index contributed by atoms with van der Waals surface area (Å²) >= 11 is 0. The summed E-state index contributed by atoms with van der Waals surface area (Å²) in [6.45, 7) is 5.11. The predicted molar refractivity (Wildman–Crippen MR) is 114 cm³/mol. The minimum absolute atomic E-state index is 0.00342. The Morgan fingerprint density at radius 3 is 2.43 bits per heavy atom. The Morgan fingerprint density at radius 1 is 0.967 bits per heavy atom. The molecule has 156 valence electrons. The lowest BCUT2D eigenvalue weighted by molar-refractivity contribution is 0.0955. The molecular weight excluding hydrogens is 383 g/mol. The fourth-order valence-corrected chi connectivity index (χ4v) is 3.87. The van der Waals surface area contributed by atoms with Gasteiger partial charge in [0.05, 0.1) is 11.9 Å². The second-order valence-electron chi connectivity index (χ2n) is 7.72. The molecule has 30 heavy (non-hydrogen) atoms. The molecule has 0 unspecified atom stereocenters. The first-order valence-electron chi connectivity index (χ1n) is 10.3. The zero-order valence-electron chi connectivity index (χ0n) is 16.9. The number of ketones is 1. The zero-order valence-corrected chi connectivity index (χ0v) is 16.9. The summed E-state index contributed by atoms with van der Waals surface area (Å²) in [5.74, 6) is 0.421. The van der Waals surface area contributed by atoms with Crippen molar-refractivity contribution in [2.24, 2.45) is 0 Å². The van der Waals surface area contributed by atoms with Gasteiger partial charge in [-0.3, -0.25) is 14.5 Å². The summed E-state index contributed by atoms with van der Waals surface area (Å²) < 4.78 is 18.9. The number of piperazine rings is 1.